The number of unbranched alkanes of at least 4 members (excludes halogenated alkanes) is 5. The van der Waals surface area contributed by atoms with Crippen LogP contribution in [0.1, 0.15) is 57.9 Å². The normalized spacial score (nSPS) is 14.5. The smallest absolute Gasteiger partial charge is 0.231 e. The van der Waals surface area contributed by atoms with Crippen LogP contribution >= 0.6 is 0 Å². The second-order valence-corrected chi connectivity index (χ2v) is 8.30. The van der Waals surface area contributed by atoms with Gasteiger partial charge < -0.3 is 18.5 Å². The molecule has 0 bridgehead atoms. The molecule has 5 nitrogen and oxygen atoms in total. The van der Waals surface area contributed by atoms with Crippen molar-refractivity contribution < 1.29 is 17.9 Å². The minimum Gasteiger partial charge on any atom is -0.454 e. The number of hydrogen-bond donors (Lipinski definition) is 1. The van der Waals surface area contributed by atoms with Crippen LogP contribution < -0.4 is 9.47 Å². The Kier molecular flexibility index (Phi) is 11.6. The highest BCUT2D eigenvalue weighted by Crippen LogP contribution is 2.33. The van der Waals surface area contributed by atoms with E-state index in [0.29, 0.717) is 6.79 Å². The Hall–Kier alpha value is -1.08. The zero-order chi connectivity index (χ0) is 18.5. The average Bonchev–Trinajstić information content (AvgIpc) is 3.06. The molecule has 0 radical (unpaired) electrons. The largest absolute Gasteiger partial charge is 0.454 e. The summed E-state index contributed by atoms with van der Waals surface area (Å²) in [4.78, 5) is 0. The van der Waals surface area contributed by atoms with Crippen LogP contribution in [-0.4, -0.2) is 22.0 Å². The topological polar surface area (TPSA) is 76.5 Å². The van der Waals surface area contributed by atoms with Gasteiger partial charge in [-0.05, 0) is 30.5 Å². The van der Waals surface area contributed by atoms with E-state index in [9.17, 15) is 4.21 Å². The minimum atomic E-state index is -0.743. The molecule has 0 aromatic heterocycles. The predicted molar refractivity (Wildman–Crippen MR) is 104 cm³/mol. The molecule has 2 unspecified atom stereocenters. The highest BCUT2D eigenvalue weighted by Gasteiger charge is 2.16. The van der Waals surface area contributed by atoms with Gasteiger partial charge in [-0.25, -0.2) is 11.5 Å². The van der Waals surface area contributed by atoms with E-state index in [1.165, 1.54) is 37.7 Å². The third-order valence-electron chi connectivity index (χ3n) is 4.11. The van der Waals surface area contributed by atoms with E-state index in [1.54, 1.807) is 0 Å². The molecule has 0 saturated carbocycles. The molecule has 2 rings (SSSR count). The number of hydrogen-bond acceptors (Lipinski definition) is 6. The first-order valence-corrected chi connectivity index (χ1v) is 11.1. The molecule has 1 aromatic carbocycles. The Morgan fingerprint density at radius 2 is 1.80 bits per heavy atom. The van der Waals surface area contributed by atoms with Gasteiger partial charge in [-0.15, -0.1) is 0 Å². The van der Waals surface area contributed by atoms with Crippen molar-refractivity contribution in [3.63, 3.8) is 0 Å². The fraction of sp³-hybridized carbons (Fsp3) is 0.667. The third-order valence-corrected chi connectivity index (χ3v) is 5.86. The fourth-order valence-corrected chi connectivity index (χ4v) is 3.99. The molecule has 1 N–H and O–H groups in total. The lowest BCUT2D eigenvalue weighted by molar-refractivity contribution is 0.174. The molecule has 1 aliphatic rings. The Morgan fingerprint density at radius 3 is 2.52 bits per heavy atom. The number of benzene rings is 1. The zero-order valence-electron chi connectivity index (χ0n) is 15.2. The van der Waals surface area contributed by atoms with Crippen molar-refractivity contribution >= 4 is 22.3 Å². The lowest BCUT2D eigenvalue weighted by atomic mass is 10.1. The summed E-state index contributed by atoms with van der Waals surface area (Å²) in [6.07, 6.45) is 8.32. The minimum absolute atomic E-state index is 0.191. The third kappa shape index (κ3) is 8.72. The van der Waals surface area contributed by atoms with Crippen molar-refractivity contribution in [2.75, 3.05) is 12.5 Å². The summed E-state index contributed by atoms with van der Waals surface area (Å²) in [5.74, 6) is 2.45. The Balaban J connectivity index is 0.000000970. The first kappa shape index (κ1) is 22.0. The number of nitrogens with one attached hydrogen (secondary N) is 1. The first-order chi connectivity index (χ1) is 12.1. The van der Waals surface area contributed by atoms with Crippen LogP contribution in [0.5, 0.6) is 11.5 Å². The number of rotatable bonds is 10. The molecule has 1 aliphatic heterocycles. The van der Waals surface area contributed by atoms with Crippen molar-refractivity contribution in [1.82, 2.24) is 0 Å². The fourth-order valence-electron chi connectivity index (χ4n) is 2.72. The Morgan fingerprint density at radius 1 is 1.16 bits per heavy atom. The summed E-state index contributed by atoms with van der Waals surface area (Å²) >= 11 is -0.583. The van der Waals surface area contributed by atoms with Crippen molar-refractivity contribution in [3.05, 3.63) is 23.8 Å². The Bertz CT molecular complexity index is 574. The summed E-state index contributed by atoms with van der Waals surface area (Å²) in [5.41, 5.74) is 1.17. The van der Waals surface area contributed by atoms with E-state index in [1.807, 2.05) is 18.2 Å². The maximum Gasteiger partial charge on any atom is 0.231 e. The molecule has 144 valence electrons. The molecule has 1 aromatic rings. The van der Waals surface area contributed by atoms with Gasteiger partial charge in [0.15, 0.2) is 11.5 Å². The van der Waals surface area contributed by atoms with E-state index in [-0.39, 0.29) is 5.25 Å². The van der Waals surface area contributed by atoms with Crippen molar-refractivity contribution in [2.24, 2.45) is 0 Å². The molecule has 0 saturated heterocycles. The van der Waals surface area contributed by atoms with Gasteiger partial charge in [-0.2, -0.15) is 0 Å². The molecule has 7 heteroatoms. The molecule has 0 fully saturated rings. The standard InChI is InChI=1S/C18H28O3S.H2NOS/c1-3-4-5-6-7-8-11-22(19)15(2)12-16-9-10-17-18(13-16)21-14-20-17;1-3-2/h9-10,13,15H,3-8,11-12,14H2,1-2H3;1,3H/q;-1. The lowest BCUT2D eigenvalue weighted by Gasteiger charge is -2.12. The van der Waals surface area contributed by atoms with Gasteiger partial charge in [0, 0.05) is 21.8 Å². The van der Waals surface area contributed by atoms with Crippen LogP contribution in [0, 0.1) is 4.78 Å². The molecular formula is C18H30NO4S2-. The number of thiol groups is 1. The van der Waals surface area contributed by atoms with Gasteiger partial charge in [0.2, 0.25) is 6.79 Å². The van der Waals surface area contributed by atoms with E-state index in [0.717, 1.165) is 30.1 Å². The van der Waals surface area contributed by atoms with Crippen LogP contribution in [-0.2, 0) is 32.9 Å². The van der Waals surface area contributed by atoms with E-state index >= 15 is 0 Å². The highest BCUT2D eigenvalue weighted by atomic mass is 32.2. The maximum atomic E-state index is 12.3. The summed E-state index contributed by atoms with van der Waals surface area (Å²) in [7, 11) is -0.743. The predicted octanol–water partition coefficient (Wildman–Crippen LogP) is 4.36. The highest BCUT2D eigenvalue weighted by molar-refractivity contribution is 7.85. The molecule has 0 aliphatic carbocycles. The Labute approximate surface area is 157 Å². The van der Waals surface area contributed by atoms with Crippen molar-refractivity contribution in [2.45, 2.75) is 64.0 Å². The maximum absolute atomic E-state index is 12.3. The molecule has 0 amide bonds. The molecule has 0 spiro atoms. The lowest BCUT2D eigenvalue weighted by Crippen LogP contribution is -2.16. The second kappa shape index (κ2) is 13.2. The summed E-state index contributed by atoms with van der Waals surface area (Å²) in [5, 5.41) is 0.191. The summed E-state index contributed by atoms with van der Waals surface area (Å²) in [6, 6.07) is 6.01. The first-order valence-electron chi connectivity index (χ1n) is 8.87. The monoisotopic (exact) mass is 388 g/mol. The van der Waals surface area contributed by atoms with Crippen LogP contribution in [0.15, 0.2) is 18.2 Å². The number of ether oxygens (including phenoxy) is 2. The summed E-state index contributed by atoms with van der Waals surface area (Å²) < 4.78 is 37.2. The van der Waals surface area contributed by atoms with Crippen molar-refractivity contribution in [3.8, 4) is 11.5 Å². The van der Waals surface area contributed by atoms with Crippen LogP contribution in [0.2, 0.25) is 0 Å². The van der Waals surface area contributed by atoms with E-state index < -0.39 is 22.3 Å². The van der Waals surface area contributed by atoms with Gasteiger partial charge in [-0.3, -0.25) is 4.21 Å². The zero-order valence-corrected chi connectivity index (χ0v) is 16.9. The number of fused-ring (bicyclic) bond motifs is 1. The van der Waals surface area contributed by atoms with E-state index in [2.05, 4.69) is 13.8 Å². The van der Waals surface area contributed by atoms with Crippen LogP contribution in [0.4, 0.5) is 0 Å². The van der Waals surface area contributed by atoms with Gasteiger partial charge >= 0.3 is 0 Å². The van der Waals surface area contributed by atoms with Gasteiger partial charge in [-0.1, -0.05) is 52.0 Å². The average molecular weight is 389 g/mol. The van der Waals surface area contributed by atoms with E-state index in [4.69, 9.17) is 18.5 Å². The van der Waals surface area contributed by atoms with Gasteiger partial charge in [0.25, 0.3) is 0 Å². The molecule has 1 heterocycles. The van der Waals surface area contributed by atoms with Crippen LogP contribution in [0.3, 0.4) is 0 Å². The quantitative estimate of drug-likeness (QED) is 0.367. The molecule has 2 atom stereocenters. The summed E-state index contributed by atoms with van der Waals surface area (Å²) in [6.45, 7) is 4.61. The van der Waals surface area contributed by atoms with Gasteiger partial charge in [0.05, 0.1) is 0 Å². The van der Waals surface area contributed by atoms with Gasteiger partial charge in [0.1, 0.15) is 0 Å². The molecular weight excluding hydrogens is 358 g/mol. The SMILES string of the molecule is CCCCCCCCS(=O)C(C)Cc1ccc2c(c1)OCO2.N=[SH-]=O. The van der Waals surface area contributed by atoms with Crippen molar-refractivity contribution in [1.29, 1.82) is 4.78 Å². The molecule has 25 heavy (non-hydrogen) atoms. The second-order valence-electron chi connectivity index (χ2n) is 6.15. The van der Waals surface area contributed by atoms with Crippen LogP contribution in [0.25, 0.3) is 0 Å².